The smallest absolute Gasteiger partial charge is 0.320 e. The highest BCUT2D eigenvalue weighted by Crippen LogP contribution is 2.18. The number of hydrogen-bond donors (Lipinski definition) is 2. The number of hydrogen-bond acceptors (Lipinski definition) is 3. The van der Waals surface area contributed by atoms with E-state index in [-0.39, 0.29) is 12.1 Å². The number of nitrogens with one attached hydrogen (secondary N) is 2. The summed E-state index contributed by atoms with van der Waals surface area (Å²) in [7, 11) is 1.86. The standard InChI is InChI=1S/C19H23ClN6O/c1-12-8-18(26(23-12)10-15-6-5-7-16(20)9-15)22-19(27)21-13(2)17-11-25(4)24-14(17)3/h5-9,11,13H,10H2,1-4H3,(H2,21,22,27)/t13-/m1/s1. The van der Waals surface area contributed by atoms with E-state index in [1.165, 1.54) is 0 Å². The van der Waals surface area contributed by atoms with Crippen molar-refractivity contribution in [2.45, 2.75) is 33.4 Å². The fourth-order valence-corrected chi connectivity index (χ4v) is 3.26. The van der Waals surface area contributed by atoms with Crippen molar-refractivity contribution < 1.29 is 4.79 Å². The zero-order valence-corrected chi connectivity index (χ0v) is 16.6. The summed E-state index contributed by atoms with van der Waals surface area (Å²) in [5.41, 5.74) is 3.71. The van der Waals surface area contributed by atoms with Crippen molar-refractivity contribution in [3.63, 3.8) is 0 Å². The molecule has 0 aliphatic heterocycles. The van der Waals surface area contributed by atoms with Crippen molar-refractivity contribution in [2.75, 3.05) is 5.32 Å². The molecule has 1 aromatic carbocycles. The van der Waals surface area contributed by atoms with Crippen molar-refractivity contribution >= 4 is 23.4 Å². The maximum absolute atomic E-state index is 12.5. The molecule has 7 nitrogen and oxygen atoms in total. The van der Waals surface area contributed by atoms with Gasteiger partial charge in [-0.2, -0.15) is 10.2 Å². The van der Waals surface area contributed by atoms with Gasteiger partial charge >= 0.3 is 6.03 Å². The lowest BCUT2D eigenvalue weighted by molar-refractivity contribution is 0.249. The highest BCUT2D eigenvalue weighted by Gasteiger charge is 2.16. The number of aryl methyl sites for hydroxylation is 3. The Balaban J connectivity index is 1.70. The highest BCUT2D eigenvalue weighted by molar-refractivity contribution is 6.30. The zero-order chi connectivity index (χ0) is 19.6. The summed E-state index contributed by atoms with van der Waals surface area (Å²) in [6.07, 6.45) is 1.91. The number of nitrogens with zero attached hydrogens (tertiary/aromatic N) is 4. The van der Waals surface area contributed by atoms with Crippen molar-refractivity contribution in [2.24, 2.45) is 7.05 Å². The van der Waals surface area contributed by atoms with Crippen LogP contribution in [0.15, 0.2) is 36.5 Å². The van der Waals surface area contributed by atoms with Gasteiger partial charge in [-0.3, -0.25) is 10.00 Å². The fourth-order valence-electron chi connectivity index (χ4n) is 3.04. The molecule has 0 radical (unpaired) electrons. The predicted molar refractivity (Wildman–Crippen MR) is 106 cm³/mol. The Hall–Kier alpha value is -2.80. The van der Waals surface area contributed by atoms with Crippen molar-refractivity contribution in [1.29, 1.82) is 0 Å². The van der Waals surface area contributed by atoms with Gasteiger partial charge in [0.15, 0.2) is 0 Å². The molecule has 0 spiro atoms. The molecule has 3 rings (SSSR count). The van der Waals surface area contributed by atoms with E-state index in [9.17, 15) is 4.79 Å². The molecular weight excluding hydrogens is 364 g/mol. The summed E-state index contributed by atoms with van der Waals surface area (Å²) < 4.78 is 3.49. The Labute approximate surface area is 163 Å². The van der Waals surface area contributed by atoms with E-state index in [0.717, 1.165) is 22.5 Å². The molecule has 0 saturated carbocycles. The topological polar surface area (TPSA) is 76.8 Å². The van der Waals surface area contributed by atoms with Crippen molar-refractivity contribution in [1.82, 2.24) is 24.9 Å². The molecule has 142 valence electrons. The lowest BCUT2D eigenvalue weighted by Gasteiger charge is -2.15. The maximum Gasteiger partial charge on any atom is 0.320 e. The Bertz CT molecular complexity index is 961. The summed E-state index contributed by atoms with van der Waals surface area (Å²) >= 11 is 6.05. The molecule has 2 aromatic heterocycles. The Morgan fingerprint density at radius 3 is 2.70 bits per heavy atom. The van der Waals surface area contributed by atoms with E-state index in [1.54, 1.807) is 9.36 Å². The van der Waals surface area contributed by atoms with Crippen LogP contribution in [0.25, 0.3) is 0 Å². The summed E-state index contributed by atoms with van der Waals surface area (Å²) in [6.45, 7) is 6.26. The number of amides is 2. The van der Waals surface area contributed by atoms with Gasteiger partial charge in [-0.05, 0) is 38.5 Å². The quantitative estimate of drug-likeness (QED) is 0.699. The maximum atomic E-state index is 12.5. The first-order valence-corrected chi connectivity index (χ1v) is 9.06. The predicted octanol–water partition coefficient (Wildman–Crippen LogP) is 3.82. The van der Waals surface area contributed by atoms with Gasteiger partial charge in [0.1, 0.15) is 5.82 Å². The van der Waals surface area contributed by atoms with Crippen LogP contribution in [0.4, 0.5) is 10.6 Å². The van der Waals surface area contributed by atoms with E-state index in [4.69, 9.17) is 11.6 Å². The van der Waals surface area contributed by atoms with E-state index < -0.39 is 0 Å². The molecule has 0 saturated heterocycles. The largest absolute Gasteiger partial charge is 0.331 e. The molecule has 0 bridgehead atoms. The normalized spacial score (nSPS) is 12.0. The number of anilines is 1. The molecular formula is C19H23ClN6O. The number of halogens is 1. The number of urea groups is 1. The molecule has 0 fully saturated rings. The first-order valence-electron chi connectivity index (χ1n) is 8.68. The van der Waals surface area contributed by atoms with Crippen LogP contribution in [0.5, 0.6) is 0 Å². The third-order valence-electron chi connectivity index (χ3n) is 4.23. The minimum absolute atomic E-state index is 0.163. The Morgan fingerprint density at radius 2 is 2.04 bits per heavy atom. The fraction of sp³-hybridized carbons (Fsp3) is 0.316. The molecule has 8 heteroatoms. The van der Waals surface area contributed by atoms with Gasteiger partial charge < -0.3 is 5.32 Å². The number of aromatic nitrogens is 4. The van der Waals surface area contributed by atoms with Crippen LogP contribution in [0, 0.1) is 13.8 Å². The van der Waals surface area contributed by atoms with Crippen LogP contribution in [-0.4, -0.2) is 25.6 Å². The zero-order valence-electron chi connectivity index (χ0n) is 15.8. The molecule has 2 amide bonds. The van der Waals surface area contributed by atoms with E-state index >= 15 is 0 Å². The molecule has 2 heterocycles. The minimum Gasteiger partial charge on any atom is -0.331 e. The third-order valence-corrected chi connectivity index (χ3v) is 4.47. The second kappa shape index (κ2) is 7.84. The SMILES string of the molecule is Cc1cc(NC(=O)N[C@H](C)c2cn(C)nc2C)n(Cc2cccc(Cl)c2)n1. The van der Waals surface area contributed by atoms with Crippen molar-refractivity contribution in [3.8, 4) is 0 Å². The van der Waals surface area contributed by atoms with Gasteiger partial charge in [-0.15, -0.1) is 0 Å². The van der Waals surface area contributed by atoms with Crippen molar-refractivity contribution in [3.05, 3.63) is 64.1 Å². The lowest BCUT2D eigenvalue weighted by atomic mass is 10.1. The summed E-state index contributed by atoms with van der Waals surface area (Å²) in [5.74, 6) is 0.625. The lowest BCUT2D eigenvalue weighted by Crippen LogP contribution is -2.32. The molecule has 3 aromatic rings. The van der Waals surface area contributed by atoms with Gasteiger partial charge in [-0.1, -0.05) is 23.7 Å². The summed E-state index contributed by atoms with van der Waals surface area (Å²) in [6, 6.07) is 8.96. The molecule has 0 aliphatic carbocycles. The van der Waals surface area contributed by atoms with Crippen LogP contribution < -0.4 is 10.6 Å². The van der Waals surface area contributed by atoms with Gasteiger partial charge in [0.2, 0.25) is 0 Å². The Kier molecular flexibility index (Phi) is 5.51. The number of benzene rings is 1. The first kappa shape index (κ1) is 19.0. The second-order valence-corrected chi connectivity index (χ2v) is 7.06. The average Bonchev–Trinajstić information content (AvgIpc) is 3.08. The number of rotatable bonds is 5. The Morgan fingerprint density at radius 1 is 1.26 bits per heavy atom. The molecule has 0 unspecified atom stereocenters. The van der Waals surface area contributed by atoms with E-state index in [1.807, 2.05) is 64.3 Å². The van der Waals surface area contributed by atoms with Gasteiger partial charge in [-0.25, -0.2) is 9.48 Å². The van der Waals surface area contributed by atoms with Crippen LogP contribution in [0.1, 0.15) is 35.5 Å². The second-order valence-electron chi connectivity index (χ2n) is 6.62. The molecule has 2 N–H and O–H groups in total. The summed E-state index contributed by atoms with van der Waals surface area (Å²) in [4.78, 5) is 12.5. The van der Waals surface area contributed by atoms with Crippen LogP contribution in [0.2, 0.25) is 5.02 Å². The van der Waals surface area contributed by atoms with Crippen LogP contribution in [0.3, 0.4) is 0 Å². The van der Waals surface area contributed by atoms with Gasteiger partial charge in [0.05, 0.1) is 24.0 Å². The van der Waals surface area contributed by atoms with Gasteiger partial charge in [0, 0.05) is 29.9 Å². The first-order chi connectivity index (χ1) is 12.8. The van der Waals surface area contributed by atoms with Crippen LogP contribution >= 0.6 is 11.6 Å². The van der Waals surface area contributed by atoms with E-state index in [0.29, 0.717) is 17.4 Å². The number of carbonyl (C=O) groups is 1. The van der Waals surface area contributed by atoms with Crippen LogP contribution in [-0.2, 0) is 13.6 Å². The molecule has 1 atom stereocenters. The molecule has 27 heavy (non-hydrogen) atoms. The number of carbonyl (C=O) groups excluding carboxylic acids is 1. The average molecular weight is 387 g/mol. The monoisotopic (exact) mass is 386 g/mol. The van der Waals surface area contributed by atoms with E-state index in [2.05, 4.69) is 20.8 Å². The highest BCUT2D eigenvalue weighted by atomic mass is 35.5. The minimum atomic E-state index is -0.294. The van der Waals surface area contributed by atoms with Gasteiger partial charge in [0.25, 0.3) is 0 Å². The molecule has 0 aliphatic rings. The third kappa shape index (κ3) is 4.68. The summed E-state index contributed by atoms with van der Waals surface area (Å²) in [5, 5.41) is 15.3.